The quantitative estimate of drug-likeness (QED) is 0.354. The Labute approximate surface area is 197 Å². The number of likely N-dealkylation sites (tertiary alicyclic amines) is 1. The zero-order chi connectivity index (χ0) is 20.9. The lowest BCUT2D eigenvalue weighted by molar-refractivity contribution is 0.234. The van der Waals surface area contributed by atoms with Gasteiger partial charge < -0.3 is 10.2 Å². The molecule has 0 spiro atoms. The molecule has 5 nitrogen and oxygen atoms in total. The van der Waals surface area contributed by atoms with Crippen LogP contribution in [0.15, 0.2) is 64.5 Å². The van der Waals surface area contributed by atoms with Crippen molar-refractivity contribution in [1.29, 1.82) is 0 Å². The Bertz CT molecular complexity index is 931. The molecule has 0 aromatic heterocycles. The molecular formula is C23H32IN3O2S. The molecule has 2 unspecified atom stereocenters. The van der Waals surface area contributed by atoms with E-state index in [9.17, 15) is 8.42 Å². The van der Waals surface area contributed by atoms with Crippen LogP contribution in [0.3, 0.4) is 0 Å². The number of benzene rings is 2. The van der Waals surface area contributed by atoms with Gasteiger partial charge in [0, 0.05) is 32.9 Å². The van der Waals surface area contributed by atoms with E-state index in [0.29, 0.717) is 16.7 Å². The van der Waals surface area contributed by atoms with Gasteiger partial charge in [0.25, 0.3) is 0 Å². The lowest BCUT2D eigenvalue weighted by Crippen LogP contribution is -2.48. The van der Waals surface area contributed by atoms with Gasteiger partial charge >= 0.3 is 0 Å². The molecule has 1 aliphatic heterocycles. The number of piperidine rings is 1. The van der Waals surface area contributed by atoms with Gasteiger partial charge in [-0.3, -0.25) is 4.99 Å². The smallest absolute Gasteiger partial charge is 0.193 e. The van der Waals surface area contributed by atoms with E-state index < -0.39 is 9.84 Å². The number of nitrogens with zero attached hydrogens (tertiary/aromatic N) is 2. The standard InChI is InChI=1S/C23H31N3O2S.HI/c1-18-17-26(16-14-22(18)20-7-5-4-6-8-20)23(24-2)25-15-13-19-9-11-21(12-10-19)29(3,27)28;/h4-12,18,22H,13-17H2,1-3H3,(H,24,25);1H. The van der Waals surface area contributed by atoms with Gasteiger partial charge in [0.15, 0.2) is 15.8 Å². The summed E-state index contributed by atoms with van der Waals surface area (Å²) >= 11 is 0. The zero-order valence-electron chi connectivity index (χ0n) is 17.9. The molecule has 0 radical (unpaired) electrons. The van der Waals surface area contributed by atoms with E-state index in [1.54, 1.807) is 12.1 Å². The summed E-state index contributed by atoms with van der Waals surface area (Å²) in [6.45, 7) is 5.06. The third kappa shape index (κ3) is 6.44. The van der Waals surface area contributed by atoms with Crippen LogP contribution in [0.5, 0.6) is 0 Å². The summed E-state index contributed by atoms with van der Waals surface area (Å²) in [5.74, 6) is 2.10. The molecule has 1 fully saturated rings. The Hall–Kier alpha value is -1.61. The molecule has 2 atom stereocenters. The van der Waals surface area contributed by atoms with E-state index in [1.165, 1.54) is 11.8 Å². The molecule has 30 heavy (non-hydrogen) atoms. The minimum Gasteiger partial charge on any atom is -0.356 e. The molecule has 1 heterocycles. The van der Waals surface area contributed by atoms with Crippen molar-refractivity contribution in [3.63, 3.8) is 0 Å². The number of halogens is 1. The molecule has 0 bridgehead atoms. The topological polar surface area (TPSA) is 61.8 Å². The fraction of sp³-hybridized carbons (Fsp3) is 0.435. The van der Waals surface area contributed by atoms with Crippen LogP contribution in [0.4, 0.5) is 0 Å². The summed E-state index contributed by atoms with van der Waals surface area (Å²) in [6, 6.07) is 17.9. The van der Waals surface area contributed by atoms with Crippen molar-refractivity contribution in [2.75, 3.05) is 32.9 Å². The van der Waals surface area contributed by atoms with Crippen molar-refractivity contribution < 1.29 is 8.42 Å². The number of rotatable bonds is 5. The lowest BCUT2D eigenvalue weighted by atomic mass is 9.82. The van der Waals surface area contributed by atoms with Gasteiger partial charge in [-0.15, -0.1) is 24.0 Å². The third-order valence-electron chi connectivity index (χ3n) is 5.69. The van der Waals surface area contributed by atoms with Gasteiger partial charge in [-0.25, -0.2) is 8.42 Å². The molecule has 164 valence electrons. The second kappa shape index (κ2) is 11.1. The summed E-state index contributed by atoms with van der Waals surface area (Å²) in [6.07, 6.45) is 3.17. The highest BCUT2D eigenvalue weighted by molar-refractivity contribution is 14.0. The molecule has 0 aliphatic carbocycles. The van der Waals surface area contributed by atoms with Crippen LogP contribution >= 0.6 is 24.0 Å². The van der Waals surface area contributed by atoms with Crippen LogP contribution in [-0.2, 0) is 16.3 Å². The molecule has 7 heteroatoms. The average Bonchev–Trinajstić information content (AvgIpc) is 2.71. The number of aliphatic imine (C=N–C) groups is 1. The van der Waals surface area contributed by atoms with E-state index in [1.807, 2.05) is 19.2 Å². The molecule has 1 saturated heterocycles. The number of sulfone groups is 1. The predicted molar refractivity (Wildman–Crippen MR) is 135 cm³/mol. The van der Waals surface area contributed by atoms with Crippen molar-refractivity contribution in [3.05, 3.63) is 65.7 Å². The molecule has 1 aliphatic rings. The van der Waals surface area contributed by atoms with Gasteiger partial charge in [0.1, 0.15) is 0 Å². The highest BCUT2D eigenvalue weighted by atomic mass is 127. The maximum absolute atomic E-state index is 11.6. The monoisotopic (exact) mass is 541 g/mol. The highest BCUT2D eigenvalue weighted by Crippen LogP contribution is 2.32. The summed E-state index contributed by atoms with van der Waals surface area (Å²) in [5.41, 5.74) is 2.54. The summed E-state index contributed by atoms with van der Waals surface area (Å²) < 4.78 is 23.1. The van der Waals surface area contributed by atoms with Gasteiger partial charge in [-0.05, 0) is 47.9 Å². The Balaban J connectivity index is 0.00000320. The second-order valence-electron chi connectivity index (χ2n) is 7.87. The molecule has 2 aromatic carbocycles. The fourth-order valence-corrected chi connectivity index (χ4v) is 4.72. The van der Waals surface area contributed by atoms with Crippen LogP contribution in [0.2, 0.25) is 0 Å². The van der Waals surface area contributed by atoms with Crippen molar-refractivity contribution in [3.8, 4) is 0 Å². The maximum Gasteiger partial charge on any atom is 0.193 e. The van der Waals surface area contributed by atoms with Crippen molar-refractivity contribution in [2.45, 2.75) is 30.6 Å². The van der Waals surface area contributed by atoms with Crippen molar-refractivity contribution >= 4 is 39.8 Å². The van der Waals surface area contributed by atoms with Gasteiger partial charge in [0.05, 0.1) is 4.90 Å². The SMILES string of the molecule is CN=C(NCCc1ccc(S(C)(=O)=O)cc1)N1CCC(c2ccccc2)C(C)C1.I. The van der Waals surface area contributed by atoms with Crippen LogP contribution in [0, 0.1) is 5.92 Å². The van der Waals surface area contributed by atoms with E-state index in [2.05, 4.69) is 52.5 Å². The van der Waals surface area contributed by atoms with Crippen molar-refractivity contribution in [2.24, 2.45) is 10.9 Å². The first-order chi connectivity index (χ1) is 13.9. The Morgan fingerprint density at radius 2 is 1.80 bits per heavy atom. The van der Waals surface area contributed by atoms with Crippen LogP contribution < -0.4 is 5.32 Å². The molecule has 0 saturated carbocycles. The van der Waals surface area contributed by atoms with Crippen molar-refractivity contribution in [1.82, 2.24) is 10.2 Å². The number of hydrogen-bond acceptors (Lipinski definition) is 3. The average molecular weight is 541 g/mol. The first kappa shape index (κ1) is 24.7. The van der Waals surface area contributed by atoms with Crippen LogP contribution in [0.25, 0.3) is 0 Å². The summed E-state index contributed by atoms with van der Waals surface area (Å²) in [7, 11) is -1.31. The Kier molecular flexibility index (Phi) is 9.15. The minimum atomic E-state index is -3.14. The largest absolute Gasteiger partial charge is 0.356 e. The molecule has 1 N–H and O–H groups in total. The van der Waals surface area contributed by atoms with Crippen LogP contribution in [-0.4, -0.2) is 52.2 Å². The normalized spacial score (nSPS) is 19.8. The summed E-state index contributed by atoms with van der Waals surface area (Å²) in [4.78, 5) is 7.18. The predicted octanol–water partition coefficient (Wildman–Crippen LogP) is 3.95. The van der Waals surface area contributed by atoms with E-state index in [4.69, 9.17) is 0 Å². The molecule has 3 rings (SSSR count). The lowest BCUT2D eigenvalue weighted by Gasteiger charge is -2.39. The number of hydrogen-bond donors (Lipinski definition) is 1. The fourth-order valence-electron chi connectivity index (χ4n) is 4.09. The van der Waals surface area contributed by atoms with Gasteiger partial charge in [-0.2, -0.15) is 0 Å². The Morgan fingerprint density at radius 3 is 2.37 bits per heavy atom. The van der Waals surface area contributed by atoms with Crippen LogP contribution in [0.1, 0.15) is 30.4 Å². The maximum atomic E-state index is 11.6. The third-order valence-corrected chi connectivity index (χ3v) is 6.82. The number of guanidine groups is 1. The van der Waals surface area contributed by atoms with E-state index in [-0.39, 0.29) is 24.0 Å². The highest BCUT2D eigenvalue weighted by Gasteiger charge is 2.28. The Morgan fingerprint density at radius 1 is 1.13 bits per heavy atom. The first-order valence-electron chi connectivity index (χ1n) is 10.2. The van der Waals surface area contributed by atoms with Gasteiger partial charge in [-0.1, -0.05) is 49.4 Å². The second-order valence-corrected chi connectivity index (χ2v) is 9.88. The zero-order valence-corrected chi connectivity index (χ0v) is 21.1. The molecule has 2 aromatic rings. The molecular weight excluding hydrogens is 509 g/mol. The minimum absolute atomic E-state index is 0. The first-order valence-corrected chi connectivity index (χ1v) is 12.1. The number of nitrogens with one attached hydrogen (secondary N) is 1. The van der Waals surface area contributed by atoms with Gasteiger partial charge in [0.2, 0.25) is 0 Å². The molecule has 0 amide bonds. The van der Waals surface area contributed by atoms with E-state index in [0.717, 1.165) is 44.0 Å². The van der Waals surface area contributed by atoms with E-state index >= 15 is 0 Å². The summed E-state index contributed by atoms with van der Waals surface area (Å²) in [5, 5.41) is 3.47.